The van der Waals surface area contributed by atoms with Crippen LogP contribution in [0.15, 0.2) is 28.9 Å². The Labute approximate surface area is 110 Å². The second-order valence-electron chi connectivity index (χ2n) is 4.17. The standard InChI is InChI=1S/C14H14O5/c1-8-4-5-9-10(7-19-11(9)6-8)12(13(15)17-2)14(16)18-3/h4-7,12H,1-3H3. The fourth-order valence-corrected chi connectivity index (χ4v) is 1.97. The van der Waals surface area contributed by atoms with Gasteiger partial charge in [-0.2, -0.15) is 0 Å². The molecule has 2 rings (SSSR count). The van der Waals surface area contributed by atoms with Crippen LogP contribution in [0.3, 0.4) is 0 Å². The predicted molar refractivity (Wildman–Crippen MR) is 67.7 cm³/mol. The van der Waals surface area contributed by atoms with Crippen molar-refractivity contribution in [2.45, 2.75) is 12.8 Å². The van der Waals surface area contributed by atoms with Gasteiger partial charge in [-0.05, 0) is 18.6 Å². The van der Waals surface area contributed by atoms with Gasteiger partial charge in [-0.15, -0.1) is 0 Å². The van der Waals surface area contributed by atoms with Crippen LogP contribution >= 0.6 is 0 Å². The van der Waals surface area contributed by atoms with Crippen LogP contribution in [0.5, 0.6) is 0 Å². The summed E-state index contributed by atoms with van der Waals surface area (Å²) >= 11 is 0. The Morgan fingerprint density at radius 3 is 2.37 bits per heavy atom. The fourth-order valence-electron chi connectivity index (χ4n) is 1.97. The van der Waals surface area contributed by atoms with E-state index in [9.17, 15) is 9.59 Å². The van der Waals surface area contributed by atoms with E-state index in [4.69, 9.17) is 4.42 Å². The maximum atomic E-state index is 11.8. The topological polar surface area (TPSA) is 65.7 Å². The molecule has 0 aliphatic rings. The quantitative estimate of drug-likeness (QED) is 0.626. The van der Waals surface area contributed by atoms with Crippen molar-refractivity contribution in [3.8, 4) is 0 Å². The Morgan fingerprint density at radius 1 is 1.16 bits per heavy atom. The number of hydrogen-bond acceptors (Lipinski definition) is 5. The number of carbonyl (C=O) groups excluding carboxylic acids is 2. The lowest BCUT2D eigenvalue weighted by atomic mass is 9.98. The van der Waals surface area contributed by atoms with Crippen molar-refractivity contribution in [3.05, 3.63) is 35.6 Å². The lowest BCUT2D eigenvalue weighted by molar-refractivity contribution is -0.154. The fraction of sp³-hybridized carbons (Fsp3) is 0.286. The lowest BCUT2D eigenvalue weighted by Gasteiger charge is -2.10. The van der Waals surface area contributed by atoms with E-state index in [-0.39, 0.29) is 0 Å². The molecule has 0 fully saturated rings. The highest BCUT2D eigenvalue weighted by Gasteiger charge is 2.33. The Hall–Kier alpha value is -2.30. The summed E-state index contributed by atoms with van der Waals surface area (Å²) in [7, 11) is 2.45. The predicted octanol–water partition coefficient (Wildman–Crippen LogP) is 2.17. The van der Waals surface area contributed by atoms with Gasteiger partial charge in [-0.3, -0.25) is 9.59 Å². The molecule has 1 aromatic carbocycles. The third-order valence-electron chi connectivity index (χ3n) is 2.95. The molecule has 5 nitrogen and oxygen atoms in total. The molecule has 2 aromatic rings. The summed E-state index contributed by atoms with van der Waals surface area (Å²) in [5.41, 5.74) is 2.10. The molecular formula is C14H14O5. The number of fused-ring (bicyclic) bond motifs is 1. The molecule has 0 aliphatic carbocycles. The molecule has 5 heteroatoms. The molecule has 0 aliphatic heterocycles. The molecule has 0 atom stereocenters. The average Bonchev–Trinajstić information content (AvgIpc) is 2.81. The van der Waals surface area contributed by atoms with Crippen LogP contribution in [0, 0.1) is 6.92 Å². The van der Waals surface area contributed by atoms with Gasteiger partial charge >= 0.3 is 11.9 Å². The highest BCUT2D eigenvalue weighted by atomic mass is 16.5. The van der Waals surface area contributed by atoms with Gasteiger partial charge in [-0.1, -0.05) is 12.1 Å². The highest BCUT2D eigenvalue weighted by molar-refractivity contribution is 6.04. The normalized spacial score (nSPS) is 10.7. The van der Waals surface area contributed by atoms with Gasteiger partial charge in [0.05, 0.1) is 20.5 Å². The number of rotatable bonds is 3. The molecule has 0 N–H and O–H groups in total. The monoisotopic (exact) mass is 262 g/mol. The molecule has 0 saturated heterocycles. The molecule has 0 amide bonds. The van der Waals surface area contributed by atoms with Gasteiger partial charge in [0.25, 0.3) is 0 Å². The molecular weight excluding hydrogens is 248 g/mol. The van der Waals surface area contributed by atoms with E-state index < -0.39 is 17.9 Å². The zero-order chi connectivity index (χ0) is 14.0. The Balaban J connectivity index is 2.56. The molecule has 1 aromatic heterocycles. The SMILES string of the molecule is COC(=O)C(C(=O)OC)c1coc2cc(C)ccc12. The van der Waals surface area contributed by atoms with Gasteiger partial charge in [0.2, 0.25) is 0 Å². The van der Waals surface area contributed by atoms with Crippen LogP contribution in [0.4, 0.5) is 0 Å². The van der Waals surface area contributed by atoms with Crippen molar-refractivity contribution >= 4 is 22.9 Å². The van der Waals surface area contributed by atoms with E-state index in [0.717, 1.165) is 5.56 Å². The Kier molecular flexibility index (Phi) is 3.55. The van der Waals surface area contributed by atoms with Crippen LogP contribution in [-0.4, -0.2) is 26.2 Å². The van der Waals surface area contributed by atoms with E-state index in [1.165, 1.54) is 20.5 Å². The van der Waals surface area contributed by atoms with E-state index in [1.807, 2.05) is 25.1 Å². The first kappa shape index (κ1) is 13.1. The van der Waals surface area contributed by atoms with Crippen LogP contribution in [0.2, 0.25) is 0 Å². The summed E-state index contributed by atoms with van der Waals surface area (Å²) in [4.78, 5) is 23.5. The number of methoxy groups -OCH3 is 2. The number of ether oxygens (including phenoxy) is 2. The minimum atomic E-state index is -1.13. The summed E-state index contributed by atoms with van der Waals surface area (Å²) in [6.07, 6.45) is 1.39. The Bertz CT molecular complexity index is 610. The number of hydrogen-bond donors (Lipinski definition) is 0. The number of benzene rings is 1. The van der Waals surface area contributed by atoms with E-state index in [1.54, 1.807) is 0 Å². The van der Waals surface area contributed by atoms with Crippen molar-refractivity contribution in [2.24, 2.45) is 0 Å². The lowest BCUT2D eigenvalue weighted by Crippen LogP contribution is -2.24. The van der Waals surface area contributed by atoms with Crippen molar-refractivity contribution in [3.63, 3.8) is 0 Å². The maximum absolute atomic E-state index is 11.8. The first-order chi connectivity index (χ1) is 9.08. The summed E-state index contributed by atoms with van der Waals surface area (Å²) in [6, 6.07) is 5.53. The third kappa shape index (κ3) is 2.31. The summed E-state index contributed by atoms with van der Waals surface area (Å²) in [5, 5.41) is 0.700. The van der Waals surface area contributed by atoms with E-state index in [2.05, 4.69) is 9.47 Å². The summed E-state index contributed by atoms with van der Waals surface area (Å²) in [6.45, 7) is 1.93. The van der Waals surface area contributed by atoms with Gasteiger partial charge in [-0.25, -0.2) is 0 Å². The third-order valence-corrected chi connectivity index (χ3v) is 2.95. The smallest absolute Gasteiger partial charge is 0.324 e. The van der Waals surface area contributed by atoms with E-state index >= 15 is 0 Å². The van der Waals surface area contributed by atoms with Gasteiger partial charge in [0.1, 0.15) is 5.58 Å². The average molecular weight is 262 g/mol. The molecule has 0 bridgehead atoms. The van der Waals surface area contributed by atoms with Crippen molar-refractivity contribution < 1.29 is 23.5 Å². The first-order valence-corrected chi connectivity index (χ1v) is 5.72. The molecule has 0 saturated carbocycles. The number of furan rings is 1. The van der Waals surface area contributed by atoms with Crippen molar-refractivity contribution in [1.29, 1.82) is 0 Å². The van der Waals surface area contributed by atoms with Crippen LogP contribution in [-0.2, 0) is 19.1 Å². The number of aryl methyl sites for hydroxylation is 1. The Morgan fingerprint density at radius 2 is 1.79 bits per heavy atom. The minimum Gasteiger partial charge on any atom is -0.468 e. The number of esters is 2. The largest absolute Gasteiger partial charge is 0.468 e. The molecule has 0 radical (unpaired) electrons. The minimum absolute atomic E-state index is 0.453. The second-order valence-corrected chi connectivity index (χ2v) is 4.17. The summed E-state index contributed by atoms with van der Waals surface area (Å²) in [5.74, 6) is -2.47. The second kappa shape index (κ2) is 5.14. The molecule has 1 heterocycles. The molecule has 100 valence electrons. The van der Waals surface area contributed by atoms with Crippen molar-refractivity contribution in [1.82, 2.24) is 0 Å². The zero-order valence-corrected chi connectivity index (χ0v) is 10.9. The summed E-state index contributed by atoms with van der Waals surface area (Å²) < 4.78 is 14.7. The number of carbonyl (C=O) groups is 2. The molecule has 0 spiro atoms. The van der Waals surface area contributed by atoms with Gasteiger partial charge in [0, 0.05) is 10.9 Å². The van der Waals surface area contributed by atoms with Crippen LogP contribution in [0.1, 0.15) is 17.0 Å². The zero-order valence-electron chi connectivity index (χ0n) is 10.9. The molecule has 19 heavy (non-hydrogen) atoms. The van der Waals surface area contributed by atoms with Crippen LogP contribution < -0.4 is 0 Å². The van der Waals surface area contributed by atoms with E-state index in [0.29, 0.717) is 16.5 Å². The maximum Gasteiger partial charge on any atom is 0.324 e. The van der Waals surface area contributed by atoms with Gasteiger partial charge in [0.15, 0.2) is 5.92 Å². The molecule has 0 unspecified atom stereocenters. The van der Waals surface area contributed by atoms with Crippen molar-refractivity contribution in [2.75, 3.05) is 14.2 Å². The van der Waals surface area contributed by atoms with Crippen LogP contribution in [0.25, 0.3) is 11.0 Å². The first-order valence-electron chi connectivity index (χ1n) is 5.72. The van der Waals surface area contributed by atoms with Gasteiger partial charge < -0.3 is 13.9 Å². The highest BCUT2D eigenvalue weighted by Crippen LogP contribution is 2.30.